The summed E-state index contributed by atoms with van der Waals surface area (Å²) in [6, 6.07) is 19.3. The lowest BCUT2D eigenvalue weighted by atomic mass is 9.72. The van der Waals surface area contributed by atoms with Gasteiger partial charge in [0.25, 0.3) is 5.91 Å². The summed E-state index contributed by atoms with van der Waals surface area (Å²) in [6.07, 6.45) is 6.07. The molecule has 6 nitrogen and oxygen atoms in total. The Labute approximate surface area is 192 Å². The number of Topliss-reactive ketones (excluding diaryl/α,β-unsaturated/α-hetero) is 1. The summed E-state index contributed by atoms with van der Waals surface area (Å²) in [5.41, 5.74) is 5.19. The Morgan fingerprint density at radius 2 is 1.82 bits per heavy atom. The van der Waals surface area contributed by atoms with E-state index in [2.05, 4.69) is 32.7 Å². The first-order valence-electron chi connectivity index (χ1n) is 11.0. The molecular weight excluding hydrogens is 412 g/mol. The quantitative estimate of drug-likeness (QED) is 0.630. The van der Waals surface area contributed by atoms with Gasteiger partial charge in [0.15, 0.2) is 5.78 Å². The molecule has 3 heterocycles. The SMILES string of the molecule is CC1=C(C(=O)Nc2cccnc2)C(c2ccccn2)C2=C(CC(c3ccccc3)CC2=O)N1. The van der Waals surface area contributed by atoms with Crippen LogP contribution in [0.15, 0.2) is 102 Å². The highest BCUT2D eigenvalue weighted by atomic mass is 16.2. The third-order valence-corrected chi connectivity index (χ3v) is 6.25. The number of carbonyl (C=O) groups is 2. The molecule has 2 unspecified atom stereocenters. The van der Waals surface area contributed by atoms with E-state index in [-0.39, 0.29) is 17.6 Å². The minimum atomic E-state index is -0.525. The highest BCUT2D eigenvalue weighted by Crippen LogP contribution is 2.45. The molecule has 2 aromatic heterocycles. The van der Waals surface area contributed by atoms with Crippen molar-refractivity contribution in [2.75, 3.05) is 5.32 Å². The molecular formula is C27H24N4O2. The summed E-state index contributed by atoms with van der Waals surface area (Å²) < 4.78 is 0. The maximum Gasteiger partial charge on any atom is 0.254 e. The molecule has 3 aromatic rings. The number of hydrogen-bond donors (Lipinski definition) is 2. The first-order chi connectivity index (χ1) is 16.1. The van der Waals surface area contributed by atoms with E-state index >= 15 is 0 Å². The van der Waals surface area contributed by atoms with Gasteiger partial charge >= 0.3 is 0 Å². The van der Waals surface area contributed by atoms with Crippen LogP contribution < -0.4 is 10.6 Å². The van der Waals surface area contributed by atoms with Gasteiger partial charge in [-0.1, -0.05) is 36.4 Å². The minimum Gasteiger partial charge on any atom is -0.362 e. The first kappa shape index (κ1) is 20.8. The number of amides is 1. The molecule has 0 bridgehead atoms. The molecule has 5 rings (SSSR count). The van der Waals surface area contributed by atoms with Crippen molar-refractivity contribution in [1.82, 2.24) is 15.3 Å². The van der Waals surface area contributed by atoms with E-state index < -0.39 is 5.92 Å². The molecule has 6 heteroatoms. The van der Waals surface area contributed by atoms with Crippen LogP contribution >= 0.6 is 0 Å². The molecule has 1 aliphatic carbocycles. The fraction of sp³-hybridized carbons (Fsp3) is 0.185. The molecule has 1 amide bonds. The smallest absolute Gasteiger partial charge is 0.254 e. The lowest BCUT2D eigenvalue weighted by molar-refractivity contribution is -0.116. The number of carbonyl (C=O) groups excluding carboxylic acids is 2. The molecule has 2 atom stereocenters. The van der Waals surface area contributed by atoms with Crippen molar-refractivity contribution in [2.45, 2.75) is 31.6 Å². The van der Waals surface area contributed by atoms with E-state index in [1.54, 1.807) is 30.7 Å². The Bertz CT molecular complexity index is 1250. The molecule has 0 radical (unpaired) electrons. The molecule has 0 saturated carbocycles. The summed E-state index contributed by atoms with van der Waals surface area (Å²) in [7, 11) is 0. The van der Waals surface area contributed by atoms with Gasteiger partial charge in [0.2, 0.25) is 0 Å². The van der Waals surface area contributed by atoms with E-state index in [0.29, 0.717) is 35.4 Å². The number of hydrogen-bond acceptors (Lipinski definition) is 5. The normalized spacial score (nSPS) is 20.2. The second-order valence-electron chi connectivity index (χ2n) is 8.38. The fourth-order valence-electron chi connectivity index (χ4n) is 4.78. The lowest BCUT2D eigenvalue weighted by Crippen LogP contribution is -2.37. The van der Waals surface area contributed by atoms with Gasteiger partial charge in [0, 0.05) is 41.4 Å². The highest BCUT2D eigenvalue weighted by molar-refractivity contribution is 6.09. The average molecular weight is 437 g/mol. The van der Waals surface area contributed by atoms with Crippen molar-refractivity contribution in [3.8, 4) is 0 Å². The molecule has 2 aliphatic rings. The third kappa shape index (κ3) is 4.07. The Morgan fingerprint density at radius 3 is 2.55 bits per heavy atom. The van der Waals surface area contributed by atoms with Crippen LogP contribution in [0.5, 0.6) is 0 Å². The second kappa shape index (κ2) is 8.82. The summed E-state index contributed by atoms with van der Waals surface area (Å²) in [5.74, 6) is -0.642. The van der Waals surface area contributed by atoms with Crippen molar-refractivity contribution in [3.05, 3.63) is 113 Å². The van der Waals surface area contributed by atoms with Gasteiger partial charge in [-0.05, 0) is 49.1 Å². The number of ketones is 1. The number of dihydropyridines is 1. The van der Waals surface area contributed by atoms with Crippen LogP contribution in [0.4, 0.5) is 5.69 Å². The number of nitrogens with one attached hydrogen (secondary N) is 2. The zero-order valence-electron chi connectivity index (χ0n) is 18.3. The van der Waals surface area contributed by atoms with Gasteiger partial charge in [0.1, 0.15) is 0 Å². The van der Waals surface area contributed by atoms with Crippen molar-refractivity contribution >= 4 is 17.4 Å². The maximum atomic E-state index is 13.5. The molecule has 1 aliphatic heterocycles. The van der Waals surface area contributed by atoms with Gasteiger partial charge in [-0.25, -0.2) is 0 Å². The van der Waals surface area contributed by atoms with Crippen LogP contribution in [-0.4, -0.2) is 21.7 Å². The predicted octanol–water partition coefficient (Wildman–Crippen LogP) is 4.48. The molecule has 33 heavy (non-hydrogen) atoms. The number of benzene rings is 1. The van der Waals surface area contributed by atoms with Gasteiger partial charge < -0.3 is 10.6 Å². The van der Waals surface area contributed by atoms with Gasteiger partial charge in [-0.3, -0.25) is 19.6 Å². The van der Waals surface area contributed by atoms with Crippen molar-refractivity contribution < 1.29 is 9.59 Å². The van der Waals surface area contributed by atoms with Crippen molar-refractivity contribution in [1.29, 1.82) is 0 Å². The Hall–Kier alpha value is -4.06. The van der Waals surface area contributed by atoms with Crippen LogP contribution in [0.1, 0.15) is 42.9 Å². The van der Waals surface area contributed by atoms with Gasteiger partial charge in [0.05, 0.1) is 23.5 Å². The van der Waals surface area contributed by atoms with Gasteiger partial charge in [-0.2, -0.15) is 0 Å². The molecule has 1 aromatic carbocycles. The zero-order chi connectivity index (χ0) is 22.8. The summed E-state index contributed by atoms with van der Waals surface area (Å²) in [5, 5.41) is 6.32. The third-order valence-electron chi connectivity index (χ3n) is 6.25. The number of rotatable bonds is 4. The monoisotopic (exact) mass is 436 g/mol. The molecule has 2 N–H and O–H groups in total. The van der Waals surface area contributed by atoms with Crippen molar-refractivity contribution in [2.24, 2.45) is 0 Å². The predicted molar refractivity (Wildman–Crippen MR) is 126 cm³/mol. The second-order valence-corrected chi connectivity index (χ2v) is 8.38. The van der Waals surface area contributed by atoms with Crippen molar-refractivity contribution in [3.63, 3.8) is 0 Å². The van der Waals surface area contributed by atoms with E-state index in [9.17, 15) is 9.59 Å². The summed E-state index contributed by atoms with van der Waals surface area (Å²) >= 11 is 0. The zero-order valence-corrected chi connectivity index (χ0v) is 18.3. The van der Waals surface area contributed by atoms with Crippen LogP contribution in [0, 0.1) is 0 Å². The Morgan fingerprint density at radius 1 is 1.00 bits per heavy atom. The van der Waals surface area contributed by atoms with E-state index in [1.165, 1.54) is 0 Å². The highest BCUT2D eigenvalue weighted by Gasteiger charge is 2.41. The maximum absolute atomic E-state index is 13.5. The average Bonchev–Trinajstić information content (AvgIpc) is 2.84. The largest absolute Gasteiger partial charge is 0.362 e. The minimum absolute atomic E-state index is 0.0485. The summed E-state index contributed by atoms with van der Waals surface area (Å²) in [6.45, 7) is 1.88. The van der Waals surface area contributed by atoms with Gasteiger partial charge in [-0.15, -0.1) is 0 Å². The number of anilines is 1. The molecule has 164 valence electrons. The molecule has 0 spiro atoms. The Balaban J connectivity index is 1.55. The lowest BCUT2D eigenvalue weighted by Gasteiger charge is -2.36. The van der Waals surface area contributed by atoms with Crippen LogP contribution in [0.3, 0.4) is 0 Å². The van der Waals surface area contributed by atoms with E-state index in [1.807, 2.05) is 43.3 Å². The number of allylic oxidation sites excluding steroid dienone is 3. The first-order valence-corrected chi connectivity index (χ1v) is 11.0. The standard InChI is InChI=1S/C27H24N4O2/c1-17-24(27(33)31-20-10-7-12-28-16-20)26(21-11-5-6-13-29-21)25-22(30-17)14-19(15-23(25)32)18-8-3-2-4-9-18/h2-13,16,19,26,30H,14-15H2,1H3,(H,31,33). The fourth-order valence-corrected chi connectivity index (χ4v) is 4.78. The number of aromatic nitrogens is 2. The number of pyridine rings is 2. The Kier molecular flexibility index (Phi) is 5.57. The topological polar surface area (TPSA) is 84.0 Å². The van der Waals surface area contributed by atoms with Crippen LogP contribution in [-0.2, 0) is 9.59 Å². The molecule has 0 fully saturated rings. The summed E-state index contributed by atoms with van der Waals surface area (Å²) in [4.78, 5) is 35.6. The van der Waals surface area contributed by atoms with E-state index in [4.69, 9.17) is 0 Å². The van der Waals surface area contributed by atoms with Crippen LogP contribution in [0.25, 0.3) is 0 Å². The number of nitrogens with zero attached hydrogens (tertiary/aromatic N) is 2. The molecule has 0 saturated heterocycles. The van der Waals surface area contributed by atoms with Crippen LogP contribution in [0.2, 0.25) is 0 Å². The van der Waals surface area contributed by atoms with E-state index in [0.717, 1.165) is 17.0 Å².